The Hall–Kier alpha value is -3.13. The first-order chi connectivity index (χ1) is 14.4. The standard InChI is InChI=1S/C22H19F2N3O2S/c1-13-21(15-6-9-17(23)18(24)12-15)26-22(30-13)25-19(28)11-14-4-7-16(8-5-14)27-10-2-3-20(27)29/h4-9,12H,2-3,10-11H2,1H3,(H,25,26,28). The topological polar surface area (TPSA) is 62.3 Å². The van der Waals surface area contributed by atoms with Crippen molar-refractivity contribution in [3.8, 4) is 11.3 Å². The first-order valence-corrected chi connectivity index (χ1v) is 10.3. The van der Waals surface area contributed by atoms with Crippen LogP contribution >= 0.6 is 11.3 Å². The van der Waals surface area contributed by atoms with Crippen LogP contribution in [0, 0.1) is 18.6 Å². The van der Waals surface area contributed by atoms with E-state index in [-0.39, 0.29) is 18.2 Å². The minimum Gasteiger partial charge on any atom is -0.312 e. The molecule has 3 aromatic rings. The Morgan fingerprint density at radius 1 is 1.17 bits per heavy atom. The van der Waals surface area contributed by atoms with Gasteiger partial charge < -0.3 is 10.2 Å². The second kappa shape index (κ2) is 8.31. The van der Waals surface area contributed by atoms with Crippen LogP contribution < -0.4 is 10.2 Å². The number of anilines is 2. The summed E-state index contributed by atoms with van der Waals surface area (Å²) >= 11 is 1.27. The number of hydrogen-bond acceptors (Lipinski definition) is 4. The van der Waals surface area contributed by atoms with E-state index in [0.717, 1.165) is 41.2 Å². The molecular weight excluding hydrogens is 408 g/mol. The summed E-state index contributed by atoms with van der Waals surface area (Å²) in [6, 6.07) is 11.0. The van der Waals surface area contributed by atoms with Crippen molar-refractivity contribution in [3.63, 3.8) is 0 Å². The Morgan fingerprint density at radius 3 is 2.60 bits per heavy atom. The summed E-state index contributed by atoms with van der Waals surface area (Å²) in [5.41, 5.74) is 2.62. The Morgan fingerprint density at radius 2 is 1.93 bits per heavy atom. The van der Waals surface area contributed by atoms with Gasteiger partial charge in [-0.3, -0.25) is 9.59 Å². The first-order valence-electron chi connectivity index (χ1n) is 9.53. The second-order valence-electron chi connectivity index (χ2n) is 7.09. The molecule has 0 atom stereocenters. The van der Waals surface area contributed by atoms with E-state index in [1.165, 1.54) is 17.4 Å². The maximum atomic E-state index is 13.5. The molecule has 1 N–H and O–H groups in total. The lowest BCUT2D eigenvalue weighted by molar-refractivity contribution is -0.117. The number of aromatic nitrogens is 1. The van der Waals surface area contributed by atoms with Gasteiger partial charge in [-0.25, -0.2) is 13.8 Å². The molecule has 0 bridgehead atoms. The number of thiazole rings is 1. The maximum absolute atomic E-state index is 13.5. The van der Waals surface area contributed by atoms with Crippen molar-refractivity contribution in [1.82, 2.24) is 4.98 Å². The highest BCUT2D eigenvalue weighted by Gasteiger charge is 2.21. The third kappa shape index (κ3) is 4.23. The van der Waals surface area contributed by atoms with Gasteiger partial charge in [-0.2, -0.15) is 0 Å². The summed E-state index contributed by atoms with van der Waals surface area (Å²) in [6.07, 6.45) is 1.60. The fraction of sp³-hybridized carbons (Fsp3) is 0.227. The third-order valence-electron chi connectivity index (χ3n) is 4.92. The lowest BCUT2D eigenvalue weighted by Gasteiger charge is -2.15. The van der Waals surface area contributed by atoms with E-state index in [4.69, 9.17) is 0 Å². The van der Waals surface area contributed by atoms with E-state index in [1.807, 2.05) is 31.2 Å². The van der Waals surface area contributed by atoms with Gasteiger partial charge in [0.1, 0.15) is 0 Å². The van der Waals surface area contributed by atoms with Gasteiger partial charge in [0.15, 0.2) is 16.8 Å². The van der Waals surface area contributed by atoms with Crippen molar-refractivity contribution in [2.45, 2.75) is 26.2 Å². The number of rotatable bonds is 5. The summed E-state index contributed by atoms with van der Waals surface area (Å²) in [7, 11) is 0. The Bertz CT molecular complexity index is 1110. The minimum absolute atomic E-state index is 0.122. The molecule has 2 amide bonds. The highest BCUT2D eigenvalue weighted by molar-refractivity contribution is 7.16. The molecule has 0 spiro atoms. The number of carbonyl (C=O) groups is 2. The van der Waals surface area contributed by atoms with E-state index in [1.54, 1.807) is 4.90 Å². The lowest BCUT2D eigenvalue weighted by atomic mass is 10.1. The van der Waals surface area contributed by atoms with Gasteiger partial charge >= 0.3 is 0 Å². The number of carbonyl (C=O) groups excluding carboxylic acids is 2. The Labute approximate surface area is 176 Å². The predicted molar refractivity (Wildman–Crippen MR) is 113 cm³/mol. The molecule has 5 nitrogen and oxygen atoms in total. The number of halogens is 2. The van der Waals surface area contributed by atoms with E-state index in [0.29, 0.717) is 22.8 Å². The summed E-state index contributed by atoms with van der Waals surface area (Å²) in [5.74, 6) is -1.97. The highest BCUT2D eigenvalue weighted by Crippen LogP contribution is 2.31. The number of aryl methyl sites for hydroxylation is 1. The average molecular weight is 427 g/mol. The molecule has 0 saturated carbocycles. The van der Waals surface area contributed by atoms with Gasteiger partial charge in [0.25, 0.3) is 0 Å². The van der Waals surface area contributed by atoms with Crippen LogP contribution in [0.2, 0.25) is 0 Å². The molecule has 2 heterocycles. The van der Waals surface area contributed by atoms with Gasteiger partial charge in [0, 0.05) is 29.1 Å². The quantitative estimate of drug-likeness (QED) is 0.642. The van der Waals surface area contributed by atoms with Crippen molar-refractivity contribution in [1.29, 1.82) is 0 Å². The number of benzene rings is 2. The first kappa shape index (κ1) is 20.2. The van der Waals surface area contributed by atoms with Crippen LogP contribution in [-0.2, 0) is 16.0 Å². The molecule has 0 aliphatic carbocycles. The lowest BCUT2D eigenvalue weighted by Crippen LogP contribution is -2.23. The number of hydrogen-bond donors (Lipinski definition) is 1. The molecule has 30 heavy (non-hydrogen) atoms. The van der Waals surface area contributed by atoms with Crippen LogP contribution in [0.5, 0.6) is 0 Å². The van der Waals surface area contributed by atoms with Crippen molar-refractivity contribution in [2.75, 3.05) is 16.8 Å². The van der Waals surface area contributed by atoms with E-state index in [9.17, 15) is 18.4 Å². The van der Waals surface area contributed by atoms with Crippen LogP contribution in [0.3, 0.4) is 0 Å². The summed E-state index contributed by atoms with van der Waals surface area (Å²) in [4.78, 5) is 31.1. The molecule has 1 aliphatic rings. The fourth-order valence-electron chi connectivity index (χ4n) is 3.42. The third-order valence-corrected chi connectivity index (χ3v) is 5.81. The van der Waals surface area contributed by atoms with Crippen LogP contribution in [0.25, 0.3) is 11.3 Å². The van der Waals surface area contributed by atoms with Crippen molar-refractivity contribution in [2.24, 2.45) is 0 Å². The van der Waals surface area contributed by atoms with Crippen LogP contribution in [0.15, 0.2) is 42.5 Å². The summed E-state index contributed by atoms with van der Waals surface area (Å²) < 4.78 is 26.7. The molecule has 1 aromatic heterocycles. The molecular formula is C22H19F2N3O2S. The maximum Gasteiger partial charge on any atom is 0.230 e. The molecule has 2 aromatic carbocycles. The normalized spacial score (nSPS) is 13.7. The number of nitrogens with one attached hydrogen (secondary N) is 1. The largest absolute Gasteiger partial charge is 0.312 e. The predicted octanol–water partition coefficient (Wildman–Crippen LogP) is 4.70. The molecule has 8 heteroatoms. The van der Waals surface area contributed by atoms with Crippen LogP contribution in [-0.4, -0.2) is 23.3 Å². The zero-order chi connectivity index (χ0) is 21.3. The van der Waals surface area contributed by atoms with Crippen molar-refractivity contribution in [3.05, 3.63) is 64.5 Å². The average Bonchev–Trinajstić information content (AvgIpc) is 3.30. The molecule has 1 fully saturated rings. The van der Waals surface area contributed by atoms with E-state index < -0.39 is 11.6 Å². The highest BCUT2D eigenvalue weighted by atomic mass is 32.1. The molecule has 1 aliphatic heterocycles. The van der Waals surface area contributed by atoms with Crippen molar-refractivity contribution < 1.29 is 18.4 Å². The number of nitrogens with zero attached hydrogens (tertiary/aromatic N) is 2. The Kier molecular flexibility index (Phi) is 5.59. The molecule has 1 saturated heterocycles. The van der Waals surface area contributed by atoms with Gasteiger partial charge in [-0.1, -0.05) is 12.1 Å². The van der Waals surface area contributed by atoms with Gasteiger partial charge in [0.05, 0.1) is 12.1 Å². The van der Waals surface area contributed by atoms with Gasteiger partial charge in [-0.15, -0.1) is 11.3 Å². The van der Waals surface area contributed by atoms with E-state index >= 15 is 0 Å². The van der Waals surface area contributed by atoms with Gasteiger partial charge in [-0.05, 0) is 49.2 Å². The summed E-state index contributed by atoms with van der Waals surface area (Å²) in [5, 5.41) is 3.16. The minimum atomic E-state index is -0.940. The van der Waals surface area contributed by atoms with E-state index in [2.05, 4.69) is 10.3 Å². The zero-order valence-electron chi connectivity index (χ0n) is 16.2. The molecule has 0 unspecified atom stereocenters. The van der Waals surface area contributed by atoms with Crippen LogP contribution in [0.1, 0.15) is 23.3 Å². The molecule has 0 radical (unpaired) electrons. The zero-order valence-corrected chi connectivity index (χ0v) is 17.1. The second-order valence-corrected chi connectivity index (χ2v) is 8.30. The molecule has 154 valence electrons. The SMILES string of the molecule is Cc1sc(NC(=O)Cc2ccc(N3CCCC3=O)cc2)nc1-c1ccc(F)c(F)c1. The Balaban J connectivity index is 1.42. The number of amides is 2. The summed E-state index contributed by atoms with van der Waals surface area (Å²) in [6.45, 7) is 2.53. The van der Waals surface area contributed by atoms with Gasteiger partial charge in [0.2, 0.25) is 11.8 Å². The monoisotopic (exact) mass is 427 g/mol. The van der Waals surface area contributed by atoms with Crippen molar-refractivity contribution >= 4 is 34.0 Å². The fourth-order valence-corrected chi connectivity index (χ4v) is 4.28. The smallest absolute Gasteiger partial charge is 0.230 e. The van der Waals surface area contributed by atoms with Crippen LogP contribution in [0.4, 0.5) is 19.6 Å². The molecule has 4 rings (SSSR count).